The predicted octanol–water partition coefficient (Wildman–Crippen LogP) is 4.14. The second kappa shape index (κ2) is 8.98. The van der Waals surface area contributed by atoms with Crippen molar-refractivity contribution in [3.8, 4) is 6.07 Å². The molecule has 3 atom stereocenters. The molecule has 1 saturated carbocycles. The zero-order valence-corrected chi connectivity index (χ0v) is 17.9. The molecule has 5 nitrogen and oxygen atoms in total. The van der Waals surface area contributed by atoms with Gasteiger partial charge in [0.25, 0.3) is 0 Å². The molecule has 1 aromatic rings. The van der Waals surface area contributed by atoms with E-state index in [1.54, 1.807) is 0 Å². The average Bonchev–Trinajstić information content (AvgIpc) is 3.52. The summed E-state index contributed by atoms with van der Waals surface area (Å²) >= 11 is 0. The molecule has 29 heavy (non-hydrogen) atoms. The third-order valence-corrected chi connectivity index (χ3v) is 6.59. The number of benzene rings is 1. The number of nitrogens with zero attached hydrogens (tertiary/aromatic N) is 2. The van der Waals surface area contributed by atoms with Crippen LogP contribution in [0.2, 0.25) is 0 Å². The Morgan fingerprint density at radius 1 is 1.24 bits per heavy atom. The molecule has 2 amide bonds. The normalized spacial score (nSPS) is 21.4. The fourth-order valence-electron chi connectivity index (χ4n) is 4.75. The van der Waals surface area contributed by atoms with Crippen LogP contribution >= 0.6 is 0 Å². The highest BCUT2D eigenvalue weighted by Crippen LogP contribution is 2.37. The van der Waals surface area contributed by atoms with Crippen LogP contribution < -0.4 is 5.32 Å². The van der Waals surface area contributed by atoms with E-state index in [0.717, 1.165) is 19.3 Å². The van der Waals surface area contributed by atoms with Crippen molar-refractivity contribution in [1.29, 1.82) is 5.26 Å². The molecule has 0 bridgehead atoms. The highest BCUT2D eigenvalue weighted by molar-refractivity contribution is 5.89. The lowest BCUT2D eigenvalue weighted by Crippen LogP contribution is -2.49. The summed E-state index contributed by atoms with van der Waals surface area (Å²) in [5.74, 6) is -0.762. The maximum atomic E-state index is 13.7. The molecule has 1 fully saturated rings. The van der Waals surface area contributed by atoms with Gasteiger partial charge in [-0.2, -0.15) is 5.26 Å². The van der Waals surface area contributed by atoms with Crippen LogP contribution in [0.25, 0.3) is 0 Å². The lowest BCUT2D eigenvalue weighted by Gasteiger charge is -2.40. The second-order valence-electron chi connectivity index (χ2n) is 8.50. The fraction of sp³-hybridized carbons (Fsp3) is 0.625. The first-order valence-electron chi connectivity index (χ1n) is 11.1. The van der Waals surface area contributed by atoms with Crippen molar-refractivity contribution in [2.45, 2.75) is 77.3 Å². The predicted molar refractivity (Wildman–Crippen MR) is 113 cm³/mol. The van der Waals surface area contributed by atoms with Crippen LogP contribution in [0.1, 0.15) is 76.5 Å². The van der Waals surface area contributed by atoms with Crippen LogP contribution in [0.5, 0.6) is 0 Å². The maximum Gasteiger partial charge on any atom is 0.227 e. The van der Waals surface area contributed by atoms with Gasteiger partial charge in [0.2, 0.25) is 11.8 Å². The van der Waals surface area contributed by atoms with Gasteiger partial charge in [0.15, 0.2) is 0 Å². The van der Waals surface area contributed by atoms with Crippen molar-refractivity contribution in [3.63, 3.8) is 0 Å². The van der Waals surface area contributed by atoms with Crippen LogP contribution in [0.4, 0.5) is 0 Å². The van der Waals surface area contributed by atoms with Crippen LogP contribution in [-0.4, -0.2) is 28.8 Å². The van der Waals surface area contributed by atoms with Crippen LogP contribution in [-0.2, 0) is 16.0 Å². The molecule has 0 saturated heterocycles. The Bertz CT molecular complexity index is 794. The molecule has 0 radical (unpaired) electrons. The van der Waals surface area contributed by atoms with E-state index in [4.69, 9.17) is 0 Å². The van der Waals surface area contributed by atoms with Gasteiger partial charge in [-0.15, -0.1) is 0 Å². The van der Waals surface area contributed by atoms with E-state index >= 15 is 0 Å². The zero-order chi connectivity index (χ0) is 21.0. The van der Waals surface area contributed by atoms with Gasteiger partial charge in [-0.1, -0.05) is 51.5 Å². The van der Waals surface area contributed by atoms with Crippen LogP contribution in [0.15, 0.2) is 24.3 Å². The number of hydrogen-bond acceptors (Lipinski definition) is 3. The molecule has 1 aromatic carbocycles. The third kappa shape index (κ3) is 4.32. The first-order valence-corrected chi connectivity index (χ1v) is 11.1. The number of hydrogen-bond donors (Lipinski definition) is 1. The molecular formula is C24H33N3O2. The van der Waals surface area contributed by atoms with Crippen molar-refractivity contribution in [2.24, 2.45) is 11.8 Å². The van der Waals surface area contributed by atoms with E-state index in [9.17, 15) is 14.9 Å². The van der Waals surface area contributed by atoms with E-state index in [2.05, 4.69) is 43.4 Å². The van der Waals surface area contributed by atoms with Gasteiger partial charge >= 0.3 is 0 Å². The Morgan fingerprint density at radius 3 is 2.55 bits per heavy atom. The number of rotatable bonds is 8. The average molecular weight is 396 g/mol. The third-order valence-electron chi connectivity index (χ3n) is 6.59. The molecule has 1 aliphatic carbocycles. The van der Waals surface area contributed by atoms with Gasteiger partial charge in [-0.3, -0.25) is 9.59 Å². The fourth-order valence-corrected chi connectivity index (χ4v) is 4.75. The quantitative estimate of drug-likeness (QED) is 0.719. The van der Waals surface area contributed by atoms with Crippen molar-refractivity contribution >= 4 is 11.8 Å². The molecule has 1 heterocycles. The van der Waals surface area contributed by atoms with Gasteiger partial charge < -0.3 is 10.2 Å². The topological polar surface area (TPSA) is 73.2 Å². The summed E-state index contributed by atoms with van der Waals surface area (Å²) in [5.41, 5.74) is 1.87. The smallest absolute Gasteiger partial charge is 0.227 e. The number of amides is 2. The minimum atomic E-state index is -0.694. The number of fused-ring (bicyclic) bond motifs is 1. The molecule has 5 heteroatoms. The number of carbonyl (C=O) groups is 2. The first kappa shape index (κ1) is 21.4. The van der Waals surface area contributed by atoms with Gasteiger partial charge in [-0.25, -0.2) is 0 Å². The summed E-state index contributed by atoms with van der Waals surface area (Å²) in [5, 5.41) is 12.3. The van der Waals surface area contributed by atoms with E-state index in [0.29, 0.717) is 32.2 Å². The zero-order valence-electron chi connectivity index (χ0n) is 17.9. The molecule has 0 aromatic heterocycles. The Hall–Kier alpha value is -2.35. The SMILES string of the molecule is CCC[C@@H](C(=O)N1CCc2ccccc2C1CC)[C@@H](CC)C(=O)NC1(C#N)CC1. The maximum absolute atomic E-state index is 13.7. The van der Waals surface area contributed by atoms with Crippen molar-refractivity contribution < 1.29 is 9.59 Å². The van der Waals surface area contributed by atoms with Gasteiger partial charge in [-0.05, 0) is 49.7 Å². The molecule has 1 unspecified atom stereocenters. The number of carbonyl (C=O) groups excluding carboxylic acids is 2. The van der Waals surface area contributed by atoms with Gasteiger partial charge in [0.1, 0.15) is 5.54 Å². The monoisotopic (exact) mass is 395 g/mol. The van der Waals surface area contributed by atoms with E-state index in [1.165, 1.54) is 11.1 Å². The lowest BCUT2D eigenvalue weighted by molar-refractivity contribution is -0.145. The first-order chi connectivity index (χ1) is 14.0. The van der Waals surface area contributed by atoms with Crippen LogP contribution in [0, 0.1) is 23.2 Å². The summed E-state index contributed by atoms with van der Waals surface area (Å²) in [6, 6.07) is 10.7. The largest absolute Gasteiger partial charge is 0.338 e. The molecule has 1 N–H and O–H groups in total. The van der Waals surface area contributed by atoms with E-state index in [-0.39, 0.29) is 29.7 Å². The molecule has 3 rings (SSSR count). The number of nitriles is 1. The number of nitrogens with one attached hydrogen (secondary N) is 1. The lowest BCUT2D eigenvalue weighted by atomic mass is 9.82. The highest BCUT2D eigenvalue weighted by Gasteiger charge is 2.47. The van der Waals surface area contributed by atoms with Gasteiger partial charge in [0.05, 0.1) is 12.1 Å². The minimum absolute atomic E-state index is 0.0706. The van der Waals surface area contributed by atoms with E-state index in [1.807, 2.05) is 17.9 Å². The summed E-state index contributed by atoms with van der Waals surface area (Å²) in [6.45, 7) is 6.85. The highest BCUT2D eigenvalue weighted by atomic mass is 16.2. The van der Waals surface area contributed by atoms with Crippen molar-refractivity contribution in [2.75, 3.05) is 6.54 Å². The second-order valence-corrected chi connectivity index (χ2v) is 8.50. The summed E-state index contributed by atoms with van der Waals surface area (Å²) in [6.07, 6.45) is 5.28. The Kier molecular flexibility index (Phi) is 6.62. The molecule has 1 aliphatic heterocycles. The van der Waals surface area contributed by atoms with Crippen molar-refractivity contribution in [1.82, 2.24) is 10.2 Å². The van der Waals surface area contributed by atoms with Crippen LogP contribution in [0.3, 0.4) is 0 Å². The summed E-state index contributed by atoms with van der Waals surface area (Å²) in [7, 11) is 0. The molecule has 156 valence electrons. The summed E-state index contributed by atoms with van der Waals surface area (Å²) < 4.78 is 0. The van der Waals surface area contributed by atoms with Gasteiger partial charge in [0, 0.05) is 18.4 Å². The van der Waals surface area contributed by atoms with E-state index < -0.39 is 5.54 Å². The standard InChI is InChI=1S/C24H33N3O2/c1-4-9-20(18(5-2)22(28)26-24(16-25)13-14-24)23(29)27-15-12-17-10-7-8-11-19(17)21(27)6-3/h7-8,10-11,18,20-21H,4-6,9,12-15H2,1-3H3,(H,26,28)/t18-,20-,21?/m1/s1. The Morgan fingerprint density at radius 2 is 1.97 bits per heavy atom. The molecular weight excluding hydrogens is 362 g/mol. The Balaban J connectivity index is 1.83. The minimum Gasteiger partial charge on any atom is -0.338 e. The Labute approximate surface area is 174 Å². The van der Waals surface area contributed by atoms with Crippen molar-refractivity contribution in [3.05, 3.63) is 35.4 Å². The molecule has 2 aliphatic rings. The molecule has 0 spiro atoms. The summed E-state index contributed by atoms with van der Waals surface area (Å²) in [4.78, 5) is 28.7.